The SMILES string of the molecule is CC1(NC(=O)N2CCCCCC2C(=O)O)CCS(=O)(=O)C1. The van der Waals surface area contributed by atoms with Crippen molar-refractivity contribution in [3.05, 3.63) is 0 Å². The molecule has 0 radical (unpaired) electrons. The van der Waals surface area contributed by atoms with Crippen molar-refractivity contribution in [2.45, 2.75) is 50.6 Å². The fraction of sp³-hybridized carbons (Fsp3) is 0.846. The zero-order valence-electron chi connectivity index (χ0n) is 12.2. The number of carbonyl (C=O) groups excluding carboxylic acids is 1. The van der Waals surface area contributed by atoms with Gasteiger partial charge in [-0.15, -0.1) is 0 Å². The molecule has 2 rings (SSSR count). The number of hydrogen-bond donors (Lipinski definition) is 2. The summed E-state index contributed by atoms with van der Waals surface area (Å²) in [5, 5.41) is 12.0. The minimum absolute atomic E-state index is 0.0616. The smallest absolute Gasteiger partial charge is 0.326 e. The van der Waals surface area contributed by atoms with Crippen LogP contribution in [0.1, 0.15) is 39.0 Å². The lowest BCUT2D eigenvalue weighted by Crippen LogP contribution is -2.56. The second-order valence-corrected chi connectivity index (χ2v) is 8.41. The van der Waals surface area contributed by atoms with E-state index in [0.717, 1.165) is 19.3 Å². The number of amides is 2. The van der Waals surface area contributed by atoms with Crippen molar-refractivity contribution >= 4 is 21.8 Å². The summed E-state index contributed by atoms with van der Waals surface area (Å²) in [6.45, 7) is 2.09. The zero-order chi connectivity index (χ0) is 15.7. The van der Waals surface area contributed by atoms with Gasteiger partial charge in [0.2, 0.25) is 0 Å². The van der Waals surface area contributed by atoms with Crippen molar-refractivity contribution in [2.24, 2.45) is 0 Å². The molecule has 2 aliphatic rings. The quantitative estimate of drug-likeness (QED) is 0.776. The number of carboxylic acids is 1. The number of hydrogen-bond acceptors (Lipinski definition) is 4. The lowest BCUT2D eigenvalue weighted by atomic mass is 10.0. The molecule has 7 nitrogen and oxygen atoms in total. The van der Waals surface area contributed by atoms with E-state index in [4.69, 9.17) is 0 Å². The van der Waals surface area contributed by atoms with Crippen LogP contribution in [0.5, 0.6) is 0 Å². The first-order chi connectivity index (χ1) is 9.72. The van der Waals surface area contributed by atoms with Crippen LogP contribution in [0.2, 0.25) is 0 Å². The van der Waals surface area contributed by atoms with Gasteiger partial charge in [0.15, 0.2) is 9.84 Å². The first kappa shape index (κ1) is 16.1. The zero-order valence-corrected chi connectivity index (χ0v) is 13.0. The van der Waals surface area contributed by atoms with Crippen LogP contribution in [0.3, 0.4) is 0 Å². The highest BCUT2D eigenvalue weighted by Gasteiger charge is 2.41. The Balaban J connectivity index is 2.09. The van der Waals surface area contributed by atoms with E-state index in [0.29, 0.717) is 19.4 Å². The van der Waals surface area contributed by atoms with E-state index in [1.54, 1.807) is 6.92 Å². The van der Waals surface area contributed by atoms with E-state index in [-0.39, 0.29) is 11.5 Å². The maximum absolute atomic E-state index is 12.4. The highest BCUT2D eigenvalue weighted by Crippen LogP contribution is 2.24. The predicted octanol–water partition coefficient (Wildman–Crippen LogP) is 0.602. The summed E-state index contributed by atoms with van der Waals surface area (Å²) in [6.07, 6.45) is 3.27. The molecule has 2 saturated heterocycles. The number of sulfone groups is 1. The molecule has 0 aromatic carbocycles. The molecule has 0 bridgehead atoms. The number of nitrogens with zero attached hydrogens (tertiary/aromatic N) is 1. The molecule has 120 valence electrons. The largest absolute Gasteiger partial charge is 0.480 e. The molecular weight excluding hydrogens is 296 g/mol. The molecule has 2 N–H and O–H groups in total. The second-order valence-electron chi connectivity index (χ2n) is 6.23. The van der Waals surface area contributed by atoms with Crippen molar-refractivity contribution in [1.82, 2.24) is 10.2 Å². The van der Waals surface area contributed by atoms with Crippen molar-refractivity contribution < 1.29 is 23.1 Å². The fourth-order valence-electron chi connectivity index (χ4n) is 3.05. The van der Waals surface area contributed by atoms with E-state index in [9.17, 15) is 23.1 Å². The standard InChI is InChI=1S/C13H22N2O5S/c1-13(6-8-21(19,20)9-13)14-12(18)15-7-4-2-3-5-10(15)11(16)17/h10H,2-9H2,1H3,(H,14,18)(H,16,17). The maximum Gasteiger partial charge on any atom is 0.326 e. The number of aliphatic carboxylic acids is 1. The molecule has 0 aliphatic carbocycles. The van der Waals surface area contributed by atoms with E-state index < -0.39 is 33.4 Å². The van der Waals surface area contributed by atoms with Crippen molar-refractivity contribution in [3.63, 3.8) is 0 Å². The van der Waals surface area contributed by atoms with Crippen LogP contribution in [0, 0.1) is 0 Å². The highest BCUT2D eigenvalue weighted by atomic mass is 32.2. The van der Waals surface area contributed by atoms with Crippen LogP contribution in [-0.4, -0.2) is 60.1 Å². The Morgan fingerprint density at radius 3 is 2.57 bits per heavy atom. The average Bonchev–Trinajstić information content (AvgIpc) is 2.56. The van der Waals surface area contributed by atoms with Crippen LogP contribution in [-0.2, 0) is 14.6 Å². The molecule has 0 aromatic heterocycles. The van der Waals surface area contributed by atoms with Crippen molar-refractivity contribution in [2.75, 3.05) is 18.1 Å². The minimum Gasteiger partial charge on any atom is -0.480 e. The van der Waals surface area contributed by atoms with Gasteiger partial charge in [0.25, 0.3) is 0 Å². The molecule has 2 aliphatic heterocycles. The molecule has 21 heavy (non-hydrogen) atoms. The van der Waals surface area contributed by atoms with E-state index in [1.807, 2.05) is 0 Å². The molecule has 2 fully saturated rings. The number of nitrogens with one attached hydrogen (secondary N) is 1. The van der Waals surface area contributed by atoms with Crippen LogP contribution in [0.15, 0.2) is 0 Å². The van der Waals surface area contributed by atoms with Crippen molar-refractivity contribution in [3.8, 4) is 0 Å². The Morgan fingerprint density at radius 1 is 1.29 bits per heavy atom. The van der Waals surface area contributed by atoms with E-state index >= 15 is 0 Å². The fourth-order valence-corrected chi connectivity index (χ4v) is 5.14. The Kier molecular flexibility index (Phi) is 4.46. The molecule has 0 aromatic rings. The van der Waals surface area contributed by atoms with Crippen LogP contribution in [0.4, 0.5) is 4.79 Å². The summed E-state index contributed by atoms with van der Waals surface area (Å²) in [4.78, 5) is 25.1. The number of likely N-dealkylation sites (tertiary alicyclic amines) is 1. The van der Waals surface area contributed by atoms with Gasteiger partial charge in [-0.1, -0.05) is 12.8 Å². The summed E-state index contributed by atoms with van der Waals surface area (Å²) >= 11 is 0. The Bertz CT molecular complexity index is 533. The Labute approximate surface area is 124 Å². The van der Waals surface area contributed by atoms with Crippen molar-refractivity contribution in [1.29, 1.82) is 0 Å². The van der Waals surface area contributed by atoms with E-state index in [2.05, 4.69) is 5.32 Å². The molecule has 2 atom stereocenters. The average molecular weight is 318 g/mol. The molecule has 2 heterocycles. The monoisotopic (exact) mass is 318 g/mol. The van der Waals surface area contributed by atoms with Gasteiger partial charge in [-0.2, -0.15) is 0 Å². The van der Waals surface area contributed by atoms with Gasteiger partial charge in [0.1, 0.15) is 6.04 Å². The number of urea groups is 1. The first-order valence-corrected chi connectivity index (χ1v) is 9.07. The molecule has 2 unspecified atom stereocenters. The lowest BCUT2D eigenvalue weighted by Gasteiger charge is -2.32. The molecule has 0 saturated carbocycles. The third-order valence-corrected chi connectivity index (χ3v) is 6.11. The van der Waals surface area contributed by atoms with Gasteiger partial charge in [-0.3, -0.25) is 0 Å². The van der Waals surface area contributed by atoms with Gasteiger partial charge < -0.3 is 15.3 Å². The highest BCUT2D eigenvalue weighted by molar-refractivity contribution is 7.91. The summed E-state index contributed by atoms with van der Waals surface area (Å²) in [5.41, 5.74) is -0.800. The van der Waals surface area contributed by atoms with Gasteiger partial charge in [-0.25, -0.2) is 18.0 Å². The summed E-state index contributed by atoms with van der Waals surface area (Å²) < 4.78 is 23.1. The Hall–Kier alpha value is -1.31. The number of rotatable bonds is 2. The Morgan fingerprint density at radius 2 is 2.00 bits per heavy atom. The maximum atomic E-state index is 12.4. The minimum atomic E-state index is -3.12. The normalized spacial score (nSPS) is 32.4. The number of carboxylic acid groups (broad SMARTS) is 1. The van der Waals surface area contributed by atoms with Gasteiger partial charge >= 0.3 is 12.0 Å². The summed E-state index contributed by atoms with van der Waals surface area (Å²) in [6, 6.07) is -1.29. The second kappa shape index (κ2) is 5.82. The van der Waals surface area contributed by atoms with Crippen LogP contribution >= 0.6 is 0 Å². The summed E-state index contributed by atoms with van der Waals surface area (Å²) in [7, 11) is -3.12. The third-order valence-electron chi connectivity index (χ3n) is 4.21. The molecule has 0 spiro atoms. The first-order valence-electron chi connectivity index (χ1n) is 7.24. The topological polar surface area (TPSA) is 104 Å². The predicted molar refractivity (Wildman–Crippen MR) is 76.8 cm³/mol. The van der Waals surface area contributed by atoms with Crippen LogP contribution < -0.4 is 5.32 Å². The third kappa shape index (κ3) is 3.87. The van der Waals surface area contributed by atoms with Crippen LogP contribution in [0.25, 0.3) is 0 Å². The van der Waals surface area contributed by atoms with Gasteiger partial charge in [0.05, 0.1) is 17.0 Å². The van der Waals surface area contributed by atoms with Gasteiger partial charge in [0, 0.05) is 6.54 Å². The molecule has 2 amide bonds. The molecule has 8 heteroatoms. The lowest BCUT2D eigenvalue weighted by molar-refractivity contribution is -0.142. The van der Waals surface area contributed by atoms with E-state index in [1.165, 1.54) is 4.90 Å². The van der Waals surface area contributed by atoms with Gasteiger partial charge in [-0.05, 0) is 26.2 Å². The number of carbonyl (C=O) groups is 2. The summed E-state index contributed by atoms with van der Waals surface area (Å²) in [5.74, 6) is -1.03. The molecular formula is C13H22N2O5S.